The van der Waals surface area contributed by atoms with Crippen LogP contribution in [0.4, 0.5) is 0 Å². The molecule has 0 bridgehead atoms. The van der Waals surface area contributed by atoms with E-state index in [2.05, 4.69) is 24.1 Å². The lowest BCUT2D eigenvalue weighted by Crippen LogP contribution is -2.53. The van der Waals surface area contributed by atoms with Gasteiger partial charge in [-0.2, -0.15) is 0 Å². The molecule has 2 amide bonds. The summed E-state index contributed by atoms with van der Waals surface area (Å²) in [4.78, 5) is 32.0. The van der Waals surface area contributed by atoms with E-state index < -0.39 is 22.9 Å². The van der Waals surface area contributed by atoms with Crippen LogP contribution >= 0.6 is 11.6 Å². The van der Waals surface area contributed by atoms with Crippen LogP contribution in [0.25, 0.3) is 0 Å². The molecule has 7 nitrogen and oxygen atoms in total. The standard InChI is InChI=1S/C28H37ClN4O3S/c1-19(2)14-25(27(34)31-16-20-8-10-21(29)11-9-20)32-13-12-23(18-37(36)24-6-4-3-5-7-24)33-17-22(30)15-26(33)28(32)35/h3-11,19,22-23,25-26H,12-18,30H2,1-2H3,(H,31,34)/t22-,23?,25-,26+,37+/m1/s1. The number of hydrogen-bond acceptors (Lipinski definition) is 5. The summed E-state index contributed by atoms with van der Waals surface area (Å²) < 4.78 is 13.2. The molecular formula is C28H37ClN4O3S. The molecule has 2 aliphatic heterocycles. The number of carbonyl (C=O) groups excluding carboxylic acids is 2. The van der Waals surface area contributed by atoms with Gasteiger partial charge in [-0.1, -0.05) is 55.8 Å². The predicted molar refractivity (Wildman–Crippen MR) is 147 cm³/mol. The average molecular weight is 545 g/mol. The molecule has 0 saturated carbocycles. The lowest BCUT2D eigenvalue weighted by molar-refractivity contribution is -0.143. The molecule has 4 rings (SSSR count). The fraction of sp³-hybridized carbons (Fsp3) is 0.500. The highest BCUT2D eigenvalue weighted by atomic mass is 35.5. The van der Waals surface area contributed by atoms with E-state index >= 15 is 0 Å². The monoisotopic (exact) mass is 544 g/mol. The molecule has 9 heteroatoms. The van der Waals surface area contributed by atoms with Gasteiger partial charge in [0.05, 0.1) is 16.8 Å². The third-order valence-corrected chi connectivity index (χ3v) is 8.95. The Morgan fingerprint density at radius 2 is 1.86 bits per heavy atom. The largest absolute Gasteiger partial charge is 0.350 e. The van der Waals surface area contributed by atoms with Gasteiger partial charge in [0.2, 0.25) is 11.8 Å². The van der Waals surface area contributed by atoms with E-state index in [4.69, 9.17) is 17.3 Å². The molecule has 2 fully saturated rings. The van der Waals surface area contributed by atoms with Crippen LogP contribution in [0.1, 0.15) is 38.7 Å². The number of hydrogen-bond donors (Lipinski definition) is 2. The van der Waals surface area contributed by atoms with Gasteiger partial charge in [-0.05, 0) is 55.0 Å². The highest BCUT2D eigenvalue weighted by Gasteiger charge is 2.46. The Morgan fingerprint density at radius 1 is 1.16 bits per heavy atom. The molecule has 0 spiro atoms. The molecule has 0 radical (unpaired) electrons. The van der Waals surface area contributed by atoms with Crippen molar-refractivity contribution in [1.82, 2.24) is 15.1 Å². The molecule has 200 valence electrons. The van der Waals surface area contributed by atoms with Crippen LogP contribution in [0.2, 0.25) is 5.02 Å². The van der Waals surface area contributed by atoms with Gasteiger partial charge in [0.15, 0.2) is 0 Å². The Kier molecular flexibility index (Phi) is 9.40. The van der Waals surface area contributed by atoms with Crippen LogP contribution in [0.5, 0.6) is 0 Å². The number of nitrogens with two attached hydrogens (primary N) is 1. The van der Waals surface area contributed by atoms with Crippen molar-refractivity contribution in [2.75, 3.05) is 18.8 Å². The van der Waals surface area contributed by atoms with Gasteiger partial charge in [0.1, 0.15) is 6.04 Å². The number of carbonyl (C=O) groups is 2. The van der Waals surface area contributed by atoms with Crippen molar-refractivity contribution < 1.29 is 13.8 Å². The van der Waals surface area contributed by atoms with Crippen LogP contribution in [0.15, 0.2) is 59.5 Å². The summed E-state index contributed by atoms with van der Waals surface area (Å²) in [6, 6.07) is 15.7. The second-order valence-electron chi connectivity index (χ2n) is 10.5. The van der Waals surface area contributed by atoms with Crippen molar-refractivity contribution in [1.29, 1.82) is 0 Å². The summed E-state index contributed by atoms with van der Waals surface area (Å²) in [5, 5.41) is 3.68. The average Bonchev–Trinajstić information content (AvgIpc) is 3.23. The Bertz CT molecular complexity index is 1100. The number of nitrogens with zero attached hydrogens (tertiary/aromatic N) is 2. The summed E-state index contributed by atoms with van der Waals surface area (Å²) in [6.45, 7) is 5.53. The second kappa shape index (κ2) is 12.5. The Balaban J connectivity index is 1.52. The van der Waals surface area contributed by atoms with Crippen molar-refractivity contribution in [3.63, 3.8) is 0 Å². The third-order valence-electron chi connectivity index (χ3n) is 7.22. The summed E-state index contributed by atoms with van der Waals surface area (Å²) in [6.07, 6.45) is 1.76. The molecule has 2 aliphatic rings. The van der Waals surface area contributed by atoms with Gasteiger partial charge in [-0.15, -0.1) is 0 Å². The second-order valence-corrected chi connectivity index (χ2v) is 12.4. The molecule has 37 heavy (non-hydrogen) atoms. The first kappa shape index (κ1) is 27.8. The highest BCUT2D eigenvalue weighted by molar-refractivity contribution is 7.85. The lowest BCUT2D eigenvalue weighted by Gasteiger charge is -2.33. The minimum atomic E-state index is -1.19. The maximum atomic E-state index is 13.9. The SMILES string of the molecule is CC(C)C[C@H](C(=O)NCc1ccc(Cl)cc1)N1CCC(C[S@](=O)c2ccccc2)N2C[C@H](N)C[C@H]2C1=O. The maximum Gasteiger partial charge on any atom is 0.243 e. The topological polar surface area (TPSA) is 95.7 Å². The van der Waals surface area contributed by atoms with Crippen molar-refractivity contribution in [3.8, 4) is 0 Å². The quantitative estimate of drug-likeness (QED) is 0.505. The molecule has 2 saturated heterocycles. The molecule has 1 unspecified atom stereocenters. The first-order valence-electron chi connectivity index (χ1n) is 13.0. The van der Waals surface area contributed by atoms with Gasteiger partial charge >= 0.3 is 0 Å². The predicted octanol–water partition coefficient (Wildman–Crippen LogP) is 3.18. The fourth-order valence-corrected chi connectivity index (χ4v) is 6.85. The first-order valence-corrected chi connectivity index (χ1v) is 14.7. The zero-order chi connectivity index (χ0) is 26.5. The van der Waals surface area contributed by atoms with Gasteiger partial charge in [-0.25, -0.2) is 0 Å². The molecule has 0 aromatic heterocycles. The molecule has 3 N–H and O–H groups in total. The van der Waals surface area contributed by atoms with E-state index in [1.54, 1.807) is 17.0 Å². The van der Waals surface area contributed by atoms with Crippen LogP contribution in [0, 0.1) is 5.92 Å². The third kappa shape index (κ3) is 6.99. The van der Waals surface area contributed by atoms with Crippen molar-refractivity contribution >= 4 is 34.2 Å². The van der Waals surface area contributed by atoms with E-state index in [1.807, 2.05) is 42.5 Å². The number of rotatable bonds is 9. The normalized spacial score (nSPS) is 24.0. The number of nitrogens with one attached hydrogen (secondary N) is 1. The molecular weight excluding hydrogens is 508 g/mol. The molecule has 2 aromatic rings. The number of amides is 2. The molecule has 0 aliphatic carbocycles. The smallest absolute Gasteiger partial charge is 0.243 e. The Labute approximate surface area is 227 Å². The lowest BCUT2D eigenvalue weighted by atomic mass is 10.00. The van der Waals surface area contributed by atoms with Crippen LogP contribution in [0.3, 0.4) is 0 Å². The zero-order valence-electron chi connectivity index (χ0n) is 21.5. The molecule has 2 aromatic carbocycles. The number of benzene rings is 2. The fourth-order valence-electron chi connectivity index (χ4n) is 5.36. The van der Waals surface area contributed by atoms with E-state index in [1.165, 1.54) is 0 Å². The summed E-state index contributed by atoms with van der Waals surface area (Å²) in [5.74, 6) is 0.461. The van der Waals surface area contributed by atoms with Gasteiger partial charge in [0, 0.05) is 47.4 Å². The first-order chi connectivity index (χ1) is 17.7. The van der Waals surface area contributed by atoms with Crippen molar-refractivity contribution in [3.05, 3.63) is 65.2 Å². The van der Waals surface area contributed by atoms with Gasteiger partial charge < -0.3 is 16.0 Å². The Hall–Kier alpha value is -2.26. The van der Waals surface area contributed by atoms with E-state index in [9.17, 15) is 13.8 Å². The minimum absolute atomic E-state index is 0.0479. The van der Waals surface area contributed by atoms with Gasteiger partial charge in [-0.3, -0.25) is 18.7 Å². The Morgan fingerprint density at radius 3 is 2.54 bits per heavy atom. The van der Waals surface area contributed by atoms with Crippen molar-refractivity contribution in [2.24, 2.45) is 11.7 Å². The molecule has 5 atom stereocenters. The van der Waals surface area contributed by atoms with Crippen molar-refractivity contribution in [2.45, 2.75) is 68.7 Å². The van der Waals surface area contributed by atoms with E-state index in [0.29, 0.717) is 49.7 Å². The summed E-state index contributed by atoms with van der Waals surface area (Å²) >= 11 is 5.98. The minimum Gasteiger partial charge on any atom is -0.350 e. The van der Waals surface area contributed by atoms with Crippen LogP contribution < -0.4 is 11.1 Å². The highest BCUT2D eigenvalue weighted by Crippen LogP contribution is 2.29. The zero-order valence-corrected chi connectivity index (χ0v) is 23.1. The van der Waals surface area contributed by atoms with Crippen LogP contribution in [-0.4, -0.2) is 68.8 Å². The molecule has 2 heterocycles. The van der Waals surface area contributed by atoms with Crippen LogP contribution in [-0.2, 0) is 26.9 Å². The summed E-state index contributed by atoms with van der Waals surface area (Å²) in [5.41, 5.74) is 7.26. The van der Waals surface area contributed by atoms with E-state index in [0.717, 1.165) is 10.5 Å². The summed E-state index contributed by atoms with van der Waals surface area (Å²) in [7, 11) is -1.19. The van der Waals surface area contributed by atoms with E-state index in [-0.39, 0.29) is 29.8 Å². The number of fused-ring (bicyclic) bond motifs is 1. The number of halogens is 1. The maximum absolute atomic E-state index is 13.9. The van der Waals surface area contributed by atoms with Gasteiger partial charge in [0.25, 0.3) is 0 Å².